The van der Waals surface area contributed by atoms with Gasteiger partial charge in [0.05, 0.1) is 18.1 Å². The Morgan fingerprint density at radius 1 is 1.19 bits per heavy atom. The van der Waals surface area contributed by atoms with Gasteiger partial charge in [-0.15, -0.1) is 0 Å². The molecule has 5 aliphatic rings. The molecule has 0 radical (unpaired) electrons. The fourth-order valence-corrected chi connectivity index (χ4v) is 7.49. The van der Waals surface area contributed by atoms with E-state index in [2.05, 4.69) is 22.8 Å². The van der Waals surface area contributed by atoms with Crippen molar-refractivity contribution < 1.29 is 14.3 Å². The monoisotopic (exact) mass is 444 g/mol. The summed E-state index contributed by atoms with van der Waals surface area (Å²) < 4.78 is 12.0. The number of rotatable bonds is 3. The molecule has 3 aliphatic heterocycles. The summed E-state index contributed by atoms with van der Waals surface area (Å²) in [5.41, 5.74) is 1.58. The summed E-state index contributed by atoms with van der Waals surface area (Å²) in [6.07, 6.45) is 5.94. The minimum absolute atomic E-state index is 0.0185. The third-order valence-corrected chi connectivity index (χ3v) is 9.31. The third-order valence-electron chi connectivity index (χ3n) is 9.08. The molecule has 1 aromatic rings. The van der Waals surface area contributed by atoms with Crippen LogP contribution in [0.4, 0.5) is 5.69 Å². The van der Waals surface area contributed by atoms with Crippen LogP contribution in [-0.2, 0) is 14.3 Å². The summed E-state index contributed by atoms with van der Waals surface area (Å²) in [5.74, 6) is 1.01. The van der Waals surface area contributed by atoms with Crippen LogP contribution in [0.15, 0.2) is 24.3 Å². The van der Waals surface area contributed by atoms with E-state index in [0.29, 0.717) is 11.8 Å². The topological polar surface area (TPSA) is 45.3 Å². The lowest BCUT2D eigenvalue weighted by atomic mass is 9.53. The van der Waals surface area contributed by atoms with Crippen molar-refractivity contribution in [2.24, 2.45) is 23.2 Å². The highest BCUT2D eigenvalue weighted by atomic mass is 35.5. The Morgan fingerprint density at radius 3 is 2.74 bits per heavy atom. The Morgan fingerprint density at radius 2 is 2.00 bits per heavy atom. The number of anilines is 1. The maximum atomic E-state index is 12.9. The van der Waals surface area contributed by atoms with E-state index in [1.54, 1.807) is 0 Å². The molecule has 0 unspecified atom stereocenters. The fraction of sp³-hybridized carbons (Fsp3) is 0.720. The van der Waals surface area contributed by atoms with Gasteiger partial charge in [-0.05, 0) is 61.6 Å². The predicted molar refractivity (Wildman–Crippen MR) is 120 cm³/mol. The summed E-state index contributed by atoms with van der Waals surface area (Å²) in [6.45, 7) is 8.06. The molecule has 3 heterocycles. The number of fused-ring (bicyclic) bond motifs is 3. The van der Waals surface area contributed by atoms with E-state index in [4.69, 9.17) is 21.1 Å². The molecule has 2 saturated carbocycles. The Hall–Kier alpha value is -1.30. The van der Waals surface area contributed by atoms with Gasteiger partial charge in [-0.25, -0.2) is 0 Å². The van der Waals surface area contributed by atoms with E-state index >= 15 is 0 Å². The van der Waals surface area contributed by atoms with Gasteiger partial charge in [-0.3, -0.25) is 9.69 Å². The van der Waals surface area contributed by atoms with Crippen LogP contribution in [-0.4, -0.2) is 61.9 Å². The number of esters is 1. The van der Waals surface area contributed by atoms with Crippen molar-refractivity contribution in [2.45, 2.75) is 50.7 Å². The van der Waals surface area contributed by atoms with Crippen LogP contribution in [0.25, 0.3) is 0 Å². The molecule has 0 amide bonds. The molecule has 0 N–H and O–H groups in total. The van der Waals surface area contributed by atoms with Crippen LogP contribution in [0.1, 0.15) is 39.0 Å². The standard InChI is InChI=1S/C25H33ClN2O3/c1-24-6-3-7-25(16-30-25)22(24)13-19-20(23(29)31-21(19)14-24)15-27-8-10-28(11-9-27)18-5-2-4-17(26)12-18/h2,4-5,12,19-22H,3,6-11,13-16H2,1H3/t19-,20+,21-,22+,24-,25+/m1/s1. The molecule has 3 saturated heterocycles. The van der Waals surface area contributed by atoms with Gasteiger partial charge in [0.15, 0.2) is 0 Å². The normalized spacial score (nSPS) is 42.3. The molecule has 6 atom stereocenters. The van der Waals surface area contributed by atoms with Crippen molar-refractivity contribution in [2.75, 3.05) is 44.2 Å². The van der Waals surface area contributed by atoms with Crippen LogP contribution in [0, 0.1) is 23.2 Å². The molecule has 2 aliphatic carbocycles. The van der Waals surface area contributed by atoms with E-state index < -0.39 is 0 Å². The first-order valence-corrected chi connectivity index (χ1v) is 12.4. The maximum absolute atomic E-state index is 12.9. The molecule has 1 aromatic carbocycles. The highest BCUT2D eigenvalue weighted by molar-refractivity contribution is 6.30. The van der Waals surface area contributed by atoms with Crippen molar-refractivity contribution in [3.8, 4) is 0 Å². The highest BCUT2D eigenvalue weighted by Gasteiger charge is 2.65. The van der Waals surface area contributed by atoms with Gasteiger partial charge in [-0.1, -0.05) is 24.6 Å². The summed E-state index contributed by atoms with van der Waals surface area (Å²) >= 11 is 6.17. The zero-order valence-corrected chi connectivity index (χ0v) is 19.2. The number of carbonyl (C=O) groups excluding carboxylic acids is 1. The highest BCUT2D eigenvalue weighted by Crippen LogP contribution is 2.62. The number of ether oxygens (including phenoxy) is 2. The summed E-state index contributed by atoms with van der Waals surface area (Å²) in [7, 11) is 0. The molecule has 5 nitrogen and oxygen atoms in total. The van der Waals surface area contributed by atoms with Crippen LogP contribution in [0.2, 0.25) is 5.02 Å². The number of benzene rings is 1. The van der Waals surface area contributed by atoms with Crippen molar-refractivity contribution in [1.29, 1.82) is 0 Å². The molecule has 6 heteroatoms. The van der Waals surface area contributed by atoms with Crippen LogP contribution in [0.5, 0.6) is 0 Å². The first kappa shape index (κ1) is 20.3. The predicted octanol–water partition coefficient (Wildman–Crippen LogP) is 3.99. The Labute approximate surface area is 190 Å². The van der Waals surface area contributed by atoms with Crippen LogP contribution >= 0.6 is 11.6 Å². The minimum Gasteiger partial charge on any atom is -0.462 e. The summed E-state index contributed by atoms with van der Waals surface area (Å²) in [6, 6.07) is 8.09. The molecule has 0 aromatic heterocycles. The fourth-order valence-electron chi connectivity index (χ4n) is 7.31. The van der Waals surface area contributed by atoms with E-state index in [1.807, 2.05) is 18.2 Å². The average Bonchev–Trinajstić information content (AvgIpc) is 3.45. The first-order chi connectivity index (χ1) is 15.0. The van der Waals surface area contributed by atoms with Crippen LogP contribution < -0.4 is 4.90 Å². The molecular formula is C25H33ClN2O3. The molecule has 0 bridgehead atoms. The number of piperazine rings is 1. The van der Waals surface area contributed by atoms with Crippen molar-refractivity contribution >= 4 is 23.3 Å². The SMILES string of the molecule is C[C@]12CCC[C@]3(CO3)[C@H]1C[C@@H]1[C@H](CN3CCN(c4cccc(Cl)c4)CC3)C(=O)O[C@@H]1C2. The molecule has 168 valence electrons. The van der Waals surface area contributed by atoms with E-state index in [0.717, 1.165) is 57.2 Å². The van der Waals surface area contributed by atoms with Gasteiger partial charge in [0.1, 0.15) is 6.10 Å². The first-order valence-electron chi connectivity index (χ1n) is 12.0. The average molecular weight is 445 g/mol. The lowest BCUT2D eigenvalue weighted by Gasteiger charge is -2.51. The Balaban J connectivity index is 1.12. The molecular weight excluding hydrogens is 412 g/mol. The second-order valence-corrected chi connectivity index (χ2v) is 11.3. The Bertz CT molecular complexity index is 866. The van der Waals surface area contributed by atoms with Gasteiger partial charge in [0, 0.05) is 49.4 Å². The number of hydrogen-bond donors (Lipinski definition) is 0. The molecule has 5 fully saturated rings. The van der Waals surface area contributed by atoms with Gasteiger partial charge in [0.2, 0.25) is 0 Å². The number of carbonyl (C=O) groups is 1. The zero-order valence-electron chi connectivity index (χ0n) is 18.4. The lowest BCUT2D eigenvalue weighted by Crippen LogP contribution is -2.52. The van der Waals surface area contributed by atoms with Gasteiger partial charge in [0.25, 0.3) is 0 Å². The lowest BCUT2D eigenvalue weighted by molar-refractivity contribution is -0.147. The van der Waals surface area contributed by atoms with E-state index in [-0.39, 0.29) is 29.0 Å². The van der Waals surface area contributed by atoms with Gasteiger partial charge < -0.3 is 14.4 Å². The third kappa shape index (κ3) is 3.48. The van der Waals surface area contributed by atoms with E-state index in [9.17, 15) is 4.79 Å². The van der Waals surface area contributed by atoms with Gasteiger partial charge >= 0.3 is 5.97 Å². The van der Waals surface area contributed by atoms with E-state index in [1.165, 1.54) is 24.9 Å². The zero-order chi connectivity index (χ0) is 21.2. The van der Waals surface area contributed by atoms with Gasteiger partial charge in [-0.2, -0.15) is 0 Å². The Kier molecular flexibility index (Phi) is 4.82. The summed E-state index contributed by atoms with van der Waals surface area (Å²) in [4.78, 5) is 17.8. The second kappa shape index (κ2) is 7.36. The smallest absolute Gasteiger partial charge is 0.310 e. The maximum Gasteiger partial charge on any atom is 0.310 e. The molecule has 6 rings (SSSR count). The number of nitrogens with zero attached hydrogens (tertiary/aromatic N) is 2. The largest absolute Gasteiger partial charge is 0.462 e. The van der Waals surface area contributed by atoms with Crippen molar-refractivity contribution in [3.05, 3.63) is 29.3 Å². The molecule has 1 spiro atoms. The van der Waals surface area contributed by atoms with Crippen LogP contribution in [0.3, 0.4) is 0 Å². The quantitative estimate of drug-likeness (QED) is 0.521. The number of epoxide rings is 1. The minimum atomic E-state index is 0.0185. The van der Waals surface area contributed by atoms with Crippen molar-refractivity contribution in [1.82, 2.24) is 4.90 Å². The summed E-state index contributed by atoms with van der Waals surface area (Å²) in [5, 5.41) is 0.782. The molecule has 31 heavy (non-hydrogen) atoms. The second-order valence-electron chi connectivity index (χ2n) is 10.9. The number of hydrogen-bond acceptors (Lipinski definition) is 5. The van der Waals surface area contributed by atoms with Crippen molar-refractivity contribution in [3.63, 3.8) is 0 Å². The number of halogens is 1.